The lowest BCUT2D eigenvalue weighted by Gasteiger charge is -2.01. The molecule has 0 aromatic carbocycles. The van der Waals surface area contributed by atoms with E-state index in [0.717, 1.165) is 0 Å². The van der Waals surface area contributed by atoms with Crippen molar-refractivity contribution in [3.63, 3.8) is 0 Å². The Morgan fingerprint density at radius 2 is 2.00 bits per heavy atom. The first-order valence-electron chi connectivity index (χ1n) is 4.18. The monoisotopic (exact) mass is 205 g/mol. The third-order valence-electron chi connectivity index (χ3n) is 1.59. The number of methoxy groups -OCH3 is 1. The molecule has 0 radical (unpaired) electrons. The van der Waals surface area contributed by atoms with Crippen LogP contribution in [0.5, 0.6) is 0 Å². The van der Waals surface area contributed by atoms with Gasteiger partial charge in [-0.25, -0.2) is 8.42 Å². The molecule has 0 rings (SSSR count). The van der Waals surface area contributed by atoms with Crippen LogP contribution in [0.15, 0.2) is 0 Å². The highest BCUT2D eigenvalue weighted by Crippen LogP contribution is 1.99. The minimum atomic E-state index is -2.96. The molecule has 0 atom stereocenters. The van der Waals surface area contributed by atoms with E-state index < -0.39 is 9.84 Å². The molecule has 0 aromatic heterocycles. The Kier molecular flexibility index (Phi) is 6.55. The van der Waals surface area contributed by atoms with Crippen molar-refractivity contribution >= 4 is 9.84 Å². The maximum atomic E-state index is 11.2. The Morgan fingerprint density at radius 1 is 1.31 bits per heavy atom. The summed E-state index contributed by atoms with van der Waals surface area (Å²) in [6.45, 7) is 0.251. The van der Waals surface area contributed by atoms with Gasteiger partial charge in [0.25, 0.3) is 0 Å². The SMILES string of the molecule is COCCS(=O)(=O)CCCCC#N. The van der Waals surface area contributed by atoms with Gasteiger partial charge in [0.05, 0.1) is 24.2 Å². The second-order valence-electron chi connectivity index (χ2n) is 2.76. The molecule has 0 N–H and O–H groups in total. The second kappa shape index (κ2) is 6.87. The minimum Gasteiger partial charge on any atom is -0.384 e. The smallest absolute Gasteiger partial charge is 0.152 e. The lowest BCUT2D eigenvalue weighted by atomic mass is 10.3. The van der Waals surface area contributed by atoms with Crippen molar-refractivity contribution in [2.45, 2.75) is 19.3 Å². The molecule has 0 aliphatic heterocycles. The summed E-state index contributed by atoms with van der Waals surface area (Å²) in [6, 6.07) is 1.98. The molecule has 0 amide bonds. The molecular formula is C8H15NO3S. The predicted molar refractivity (Wildman–Crippen MR) is 50.0 cm³/mol. The molecule has 4 nitrogen and oxygen atoms in total. The largest absolute Gasteiger partial charge is 0.384 e. The Hall–Kier alpha value is -0.600. The lowest BCUT2D eigenvalue weighted by Crippen LogP contribution is -2.14. The van der Waals surface area contributed by atoms with Crippen LogP contribution in [-0.2, 0) is 14.6 Å². The highest BCUT2D eigenvalue weighted by molar-refractivity contribution is 7.91. The number of nitriles is 1. The molecule has 0 bridgehead atoms. The van der Waals surface area contributed by atoms with Crippen LogP contribution in [0.25, 0.3) is 0 Å². The van der Waals surface area contributed by atoms with Gasteiger partial charge in [0.2, 0.25) is 0 Å². The average Bonchev–Trinajstić information content (AvgIpc) is 2.09. The third kappa shape index (κ3) is 7.75. The van der Waals surface area contributed by atoms with Gasteiger partial charge in [-0.3, -0.25) is 0 Å². The summed E-state index contributed by atoms with van der Waals surface area (Å²) in [5.74, 6) is 0.244. The van der Waals surface area contributed by atoms with Crippen LogP contribution in [0.2, 0.25) is 0 Å². The van der Waals surface area contributed by atoms with Crippen LogP contribution in [-0.4, -0.2) is 33.6 Å². The predicted octanol–water partition coefficient (Wildman–Crippen LogP) is 0.741. The summed E-state index contributed by atoms with van der Waals surface area (Å²) in [5, 5.41) is 8.22. The Labute approximate surface area is 79.4 Å². The van der Waals surface area contributed by atoms with Gasteiger partial charge < -0.3 is 4.74 Å². The number of ether oxygens (including phenoxy) is 1. The van der Waals surface area contributed by atoms with E-state index in [0.29, 0.717) is 19.3 Å². The number of hydrogen-bond donors (Lipinski definition) is 0. The van der Waals surface area contributed by atoms with Crippen molar-refractivity contribution in [3.05, 3.63) is 0 Å². The quantitative estimate of drug-likeness (QED) is 0.575. The fourth-order valence-corrected chi connectivity index (χ4v) is 2.11. The Morgan fingerprint density at radius 3 is 2.54 bits per heavy atom. The van der Waals surface area contributed by atoms with Crippen molar-refractivity contribution in [1.82, 2.24) is 0 Å². The van der Waals surface area contributed by atoms with Gasteiger partial charge in [0.1, 0.15) is 0 Å². The van der Waals surface area contributed by atoms with Crippen LogP contribution < -0.4 is 0 Å². The summed E-state index contributed by atoms with van der Waals surface area (Å²) < 4.78 is 27.1. The van der Waals surface area contributed by atoms with Crippen molar-refractivity contribution in [3.8, 4) is 6.07 Å². The number of rotatable bonds is 7. The molecule has 0 saturated heterocycles. The van der Waals surface area contributed by atoms with E-state index in [4.69, 9.17) is 5.26 Å². The maximum Gasteiger partial charge on any atom is 0.152 e. The first kappa shape index (κ1) is 12.4. The van der Waals surface area contributed by atoms with E-state index >= 15 is 0 Å². The molecular weight excluding hydrogens is 190 g/mol. The maximum absolute atomic E-state index is 11.2. The zero-order chi connectivity index (χ0) is 10.2. The Balaban J connectivity index is 3.59. The fraction of sp³-hybridized carbons (Fsp3) is 0.875. The summed E-state index contributed by atoms with van der Waals surface area (Å²) in [5.41, 5.74) is 0. The zero-order valence-electron chi connectivity index (χ0n) is 7.82. The molecule has 0 saturated carbocycles. The van der Waals surface area contributed by atoms with E-state index in [2.05, 4.69) is 4.74 Å². The summed E-state index contributed by atoms with van der Waals surface area (Å²) in [4.78, 5) is 0. The second-order valence-corrected chi connectivity index (χ2v) is 5.06. The van der Waals surface area contributed by atoms with Gasteiger partial charge in [0.15, 0.2) is 9.84 Å². The van der Waals surface area contributed by atoms with Crippen LogP contribution >= 0.6 is 0 Å². The first-order chi connectivity index (χ1) is 6.12. The summed E-state index contributed by atoms with van der Waals surface area (Å²) in [7, 11) is -1.48. The first-order valence-corrected chi connectivity index (χ1v) is 6.01. The third-order valence-corrected chi connectivity index (χ3v) is 3.29. The van der Waals surface area contributed by atoms with E-state index in [-0.39, 0.29) is 18.1 Å². The number of nitrogens with zero attached hydrogens (tertiary/aromatic N) is 1. The molecule has 0 aromatic rings. The molecule has 0 spiro atoms. The van der Waals surface area contributed by atoms with Gasteiger partial charge in [-0.1, -0.05) is 0 Å². The van der Waals surface area contributed by atoms with Crippen LogP contribution in [0.4, 0.5) is 0 Å². The Bertz CT molecular complexity index is 253. The van der Waals surface area contributed by atoms with E-state index in [1.54, 1.807) is 0 Å². The van der Waals surface area contributed by atoms with E-state index in [1.165, 1.54) is 7.11 Å². The van der Waals surface area contributed by atoms with Gasteiger partial charge in [-0.2, -0.15) is 5.26 Å². The van der Waals surface area contributed by atoms with E-state index in [1.807, 2.05) is 6.07 Å². The summed E-state index contributed by atoms with van der Waals surface area (Å²) >= 11 is 0. The van der Waals surface area contributed by atoms with Crippen molar-refractivity contribution in [2.24, 2.45) is 0 Å². The number of unbranched alkanes of at least 4 members (excludes halogenated alkanes) is 2. The normalized spacial score (nSPS) is 11.1. The van der Waals surface area contributed by atoms with Crippen LogP contribution in [0.3, 0.4) is 0 Å². The molecule has 0 heterocycles. The van der Waals surface area contributed by atoms with Gasteiger partial charge in [-0.05, 0) is 12.8 Å². The molecule has 13 heavy (non-hydrogen) atoms. The minimum absolute atomic E-state index is 0.0794. The lowest BCUT2D eigenvalue weighted by molar-refractivity contribution is 0.217. The van der Waals surface area contributed by atoms with Crippen LogP contribution in [0.1, 0.15) is 19.3 Å². The summed E-state index contributed by atoms with van der Waals surface area (Å²) in [6.07, 6.45) is 1.65. The fourth-order valence-electron chi connectivity index (χ4n) is 0.838. The van der Waals surface area contributed by atoms with Crippen molar-refractivity contribution in [1.29, 1.82) is 5.26 Å². The molecule has 0 aliphatic rings. The van der Waals surface area contributed by atoms with Crippen molar-refractivity contribution in [2.75, 3.05) is 25.2 Å². The average molecular weight is 205 g/mol. The van der Waals surface area contributed by atoms with Gasteiger partial charge in [0, 0.05) is 13.5 Å². The standard InChI is InChI=1S/C8H15NO3S/c1-12-6-8-13(10,11)7-4-2-3-5-9/h2-4,6-8H2,1H3. The van der Waals surface area contributed by atoms with Crippen LogP contribution in [0, 0.1) is 11.3 Å². The highest BCUT2D eigenvalue weighted by Gasteiger charge is 2.09. The molecule has 76 valence electrons. The number of sulfone groups is 1. The van der Waals surface area contributed by atoms with Crippen molar-refractivity contribution < 1.29 is 13.2 Å². The van der Waals surface area contributed by atoms with E-state index in [9.17, 15) is 8.42 Å². The molecule has 0 aliphatic carbocycles. The topological polar surface area (TPSA) is 67.2 Å². The molecule has 0 fully saturated rings. The molecule has 0 unspecified atom stereocenters. The van der Waals surface area contributed by atoms with Gasteiger partial charge in [-0.15, -0.1) is 0 Å². The number of hydrogen-bond acceptors (Lipinski definition) is 4. The highest BCUT2D eigenvalue weighted by atomic mass is 32.2. The molecule has 5 heteroatoms. The zero-order valence-corrected chi connectivity index (χ0v) is 8.64. The van der Waals surface area contributed by atoms with Gasteiger partial charge >= 0.3 is 0 Å².